The van der Waals surface area contributed by atoms with E-state index in [4.69, 9.17) is 5.73 Å². The highest BCUT2D eigenvalue weighted by molar-refractivity contribution is 5.96. The molecule has 0 bridgehead atoms. The number of fused-ring (bicyclic) bond motifs is 1. The number of Topliss-reactive ketones (excluding diaryl/α,β-unsaturated/α-hetero) is 1. The third kappa shape index (κ3) is 5.43. The fraction of sp³-hybridized carbons (Fsp3) is 0.481. The summed E-state index contributed by atoms with van der Waals surface area (Å²) in [6.07, 6.45) is 2.10. The lowest BCUT2D eigenvalue weighted by atomic mass is 9.78. The zero-order chi connectivity index (χ0) is 23.8. The number of nitrogens with zero attached hydrogens (tertiary/aromatic N) is 2. The number of benzene rings is 2. The molecule has 3 rings (SSSR count). The van der Waals surface area contributed by atoms with Crippen molar-refractivity contribution >= 4 is 22.8 Å². The van der Waals surface area contributed by atoms with Crippen LogP contribution in [0.5, 0.6) is 5.75 Å². The molecular formula is C27H38BrN3O2. The van der Waals surface area contributed by atoms with Crippen LogP contribution in [0, 0.1) is 0 Å². The quantitative estimate of drug-likeness (QED) is 0.391. The molecule has 0 aliphatic carbocycles. The molecule has 2 aromatic carbocycles. The lowest BCUT2D eigenvalue weighted by Gasteiger charge is -2.28. The summed E-state index contributed by atoms with van der Waals surface area (Å²) < 4.78 is 4.01. The normalized spacial score (nSPS) is 12.1. The number of anilines is 1. The first-order chi connectivity index (χ1) is 14.9. The monoisotopic (exact) mass is 515 g/mol. The predicted molar refractivity (Wildman–Crippen MR) is 131 cm³/mol. The Labute approximate surface area is 208 Å². The van der Waals surface area contributed by atoms with E-state index in [1.807, 2.05) is 34.9 Å². The standard InChI is InChI=1S/C27H37N3O2.BrH/c1-8-9-14-29-21-12-10-11-13-22(21)30(25(29)28)17-23(31)18-15-19(26(2,3)4)24(32)20(16-18)27(5,6)7;/h10-13,15-16,28H,8-9,14,17H2,1-7H3,(H,31,32);1H. The first kappa shape index (κ1) is 26.9. The van der Waals surface area contributed by atoms with E-state index in [2.05, 4.69) is 59.1 Å². The molecule has 0 spiro atoms. The summed E-state index contributed by atoms with van der Waals surface area (Å²) in [5.41, 5.74) is 10.1. The van der Waals surface area contributed by atoms with Crippen LogP contribution in [0.1, 0.15) is 82.8 Å². The van der Waals surface area contributed by atoms with E-state index in [1.165, 1.54) is 0 Å². The second kappa shape index (κ2) is 9.88. The van der Waals surface area contributed by atoms with Crippen LogP contribution in [0.4, 0.5) is 5.95 Å². The van der Waals surface area contributed by atoms with Crippen molar-refractivity contribution in [3.05, 3.63) is 53.1 Å². The molecule has 180 valence electrons. The second-order valence-electron chi connectivity index (χ2n) is 10.8. The number of aromatic hydroxyl groups is 1. The maximum atomic E-state index is 13.5. The summed E-state index contributed by atoms with van der Waals surface area (Å²) >= 11 is 0. The van der Waals surface area contributed by atoms with Crippen molar-refractivity contribution in [3.8, 4) is 5.75 Å². The number of hydrogen-bond donors (Lipinski definition) is 2. The van der Waals surface area contributed by atoms with E-state index in [0.29, 0.717) is 11.5 Å². The SMILES string of the molecule is CCCCn1c(N)[n+](CC(=O)c2cc(C(C)(C)C)c(O)c(C(C)(C)C)c2)c2ccccc21.[Br-]. The van der Waals surface area contributed by atoms with Gasteiger partial charge in [0.15, 0.2) is 5.78 Å². The lowest BCUT2D eigenvalue weighted by Crippen LogP contribution is -3.00. The van der Waals surface area contributed by atoms with Gasteiger partial charge in [0.25, 0.3) is 0 Å². The number of nitrogen functional groups attached to an aromatic ring is 1. The van der Waals surface area contributed by atoms with Crippen LogP contribution in [-0.2, 0) is 23.9 Å². The zero-order valence-electron chi connectivity index (χ0n) is 21.0. The Balaban J connectivity index is 0.00000385. The molecular weight excluding hydrogens is 478 g/mol. The van der Waals surface area contributed by atoms with Gasteiger partial charge >= 0.3 is 5.95 Å². The Morgan fingerprint density at radius 2 is 1.58 bits per heavy atom. The second-order valence-corrected chi connectivity index (χ2v) is 10.8. The number of aryl methyl sites for hydroxylation is 1. The minimum atomic E-state index is -0.289. The number of rotatable bonds is 6. The van der Waals surface area contributed by atoms with E-state index in [-0.39, 0.29) is 45.9 Å². The number of nitrogens with two attached hydrogens (primary N) is 1. The van der Waals surface area contributed by atoms with E-state index in [0.717, 1.165) is 41.5 Å². The first-order valence-electron chi connectivity index (χ1n) is 11.5. The van der Waals surface area contributed by atoms with Crippen LogP contribution in [0.2, 0.25) is 0 Å². The number of imidazole rings is 1. The molecule has 0 aliphatic rings. The maximum Gasteiger partial charge on any atom is 0.356 e. The molecule has 33 heavy (non-hydrogen) atoms. The minimum Gasteiger partial charge on any atom is -1.00 e. The number of aromatic nitrogens is 2. The summed E-state index contributed by atoms with van der Waals surface area (Å²) in [6, 6.07) is 11.7. The number of halogens is 1. The van der Waals surface area contributed by atoms with Gasteiger partial charge in [-0.25, -0.2) is 9.13 Å². The Morgan fingerprint density at radius 3 is 2.09 bits per heavy atom. The van der Waals surface area contributed by atoms with Crippen LogP contribution >= 0.6 is 0 Å². The molecule has 0 atom stereocenters. The molecule has 3 aromatic rings. The van der Waals surface area contributed by atoms with Crippen molar-refractivity contribution in [3.63, 3.8) is 0 Å². The highest BCUT2D eigenvalue weighted by atomic mass is 79.9. The van der Waals surface area contributed by atoms with Gasteiger partial charge in [-0.3, -0.25) is 10.5 Å². The largest absolute Gasteiger partial charge is 1.00 e. The molecule has 0 amide bonds. The van der Waals surface area contributed by atoms with Crippen LogP contribution in [0.25, 0.3) is 11.0 Å². The van der Waals surface area contributed by atoms with Crippen LogP contribution in [0.15, 0.2) is 36.4 Å². The Bertz CT molecular complexity index is 1120. The third-order valence-electron chi connectivity index (χ3n) is 6.10. The molecule has 0 saturated heterocycles. The van der Waals surface area contributed by atoms with Gasteiger partial charge in [0.2, 0.25) is 0 Å². The van der Waals surface area contributed by atoms with Gasteiger partial charge in [-0.1, -0.05) is 67.0 Å². The van der Waals surface area contributed by atoms with Gasteiger partial charge in [-0.05, 0) is 41.5 Å². The molecule has 0 aliphatic heterocycles. The molecule has 1 heterocycles. The summed E-state index contributed by atoms with van der Waals surface area (Å²) in [5, 5.41) is 11.0. The van der Waals surface area contributed by atoms with Crippen molar-refractivity contribution in [1.29, 1.82) is 0 Å². The van der Waals surface area contributed by atoms with Crippen molar-refractivity contribution in [2.75, 3.05) is 5.73 Å². The van der Waals surface area contributed by atoms with E-state index in [9.17, 15) is 9.90 Å². The van der Waals surface area contributed by atoms with E-state index < -0.39 is 0 Å². The van der Waals surface area contributed by atoms with Gasteiger partial charge in [0.05, 0.1) is 6.54 Å². The smallest absolute Gasteiger partial charge is 0.356 e. The highest BCUT2D eigenvalue weighted by Crippen LogP contribution is 2.39. The van der Waals surface area contributed by atoms with Crippen molar-refractivity contribution in [2.45, 2.75) is 85.2 Å². The van der Waals surface area contributed by atoms with Gasteiger partial charge < -0.3 is 22.1 Å². The summed E-state index contributed by atoms with van der Waals surface area (Å²) in [4.78, 5) is 13.5. The van der Waals surface area contributed by atoms with Crippen LogP contribution in [-0.4, -0.2) is 15.5 Å². The average Bonchev–Trinajstić information content (AvgIpc) is 2.96. The predicted octanol–water partition coefficient (Wildman–Crippen LogP) is 2.50. The number of carbonyl (C=O) groups excluding carboxylic acids is 1. The fourth-order valence-corrected chi connectivity index (χ4v) is 4.20. The first-order valence-corrected chi connectivity index (χ1v) is 11.5. The van der Waals surface area contributed by atoms with E-state index in [1.54, 1.807) is 0 Å². The topological polar surface area (TPSA) is 72.1 Å². The zero-order valence-corrected chi connectivity index (χ0v) is 22.6. The molecule has 0 radical (unpaired) electrons. The molecule has 3 N–H and O–H groups in total. The lowest BCUT2D eigenvalue weighted by molar-refractivity contribution is -0.642. The number of phenols is 1. The number of unbranched alkanes of at least 4 members (excludes halogenated alkanes) is 1. The van der Waals surface area contributed by atoms with Crippen LogP contribution in [0.3, 0.4) is 0 Å². The third-order valence-corrected chi connectivity index (χ3v) is 6.10. The highest BCUT2D eigenvalue weighted by Gasteiger charge is 2.29. The Morgan fingerprint density at radius 1 is 1.03 bits per heavy atom. The maximum absolute atomic E-state index is 13.5. The fourth-order valence-electron chi connectivity index (χ4n) is 4.20. The van der Waals surface area contributed by atoms with Gasteiger partial charge in [-0.15, -0.1) is 0 Å². The minimum absolute atomic E-state index is 0. The van der Waals surface area contributed by atoms with E-state index >= 15 is 0 Å². The summed E-state index contributed by atoms with van der Waals surface area (Å²) in [7, 11) is 0. The Kier molecular flexibility index (Phi) is 8.06. The number of phenolic OH excluding ortho intramolecular Hbond substituents is 1. The van der Waals surface area contributed by atoms with Crippen LogP contribution < -0.4 is 27.3 Å². The molecule has 0 unspecified atom stereocenters. The molecule has 0 fully saturated rings. The summed E-state index contributed by atoms with van der Waals surface area (Å²) in [5.74, 6) is 0.861. The number of carbonyl (C=O) groups is 1. The average molecular weight is 517 g/mol. The number of ketones is 1. The Hall–Kier alpha value is -2.34. The molecule has 1 aromatic heterocycles. The number of hydrogen-bond acceptors (Lipinski definition) is 3. The van der Waals surface area contributed by atoms with Gasteiger partial charge in [-0.2, -0.15) is 0 Å². The van der Waals surface area contributed by atoms with Crippen molar-refractivity contribution in [1.82, 2.24) is 4.57 Å². The molecule has 0 saturated carbocycles. The molecule has 6 heteroatoms. The van der Waals surface area contributed by atoms with Gasteiger partial charge in [0.1, 0.15) is 23.3 Å². The van der Waals surface area contributed by atoms with Gasteiger partial charge in [0, 0.05) is 16.7 Å². The number of para-hydroxylation sites is 2. The van der Waals surface area contributed by atoms with Crippen molar-refractivity contribution in [2.24, 2.45) is 0 Å². The van der Waals surface area contributed by atoms with Crippen molar-refractivity contribution < 1.29 is 31.4 Å². The summed E-state index contributed by atoms with van der Waals surface area (Å²) in [6.45, 7) is 15.5. The molecule has 5 nitrogen and oxygen atoms in total.